The third kappa shape index (κ3) is 3.24. The van der Waals surface area contributed by atoms with Crippen molar-refractivity contribution in [3.8, 4) is 11.8 Å². The van der Waals surface area contributed by atoms with Crippen molar-refractivity contribution in [1.82, 2.24) is 18.7 Å². The first-order chi connectivity index (χ1) is 14.0. The zero-order valence-electron chi connectivity index (χ0n) is 15.5. The second kappa shape index (κ2) is 7.41. The van der Waals surface area contributed by atoms with Crippen molar-refractivity contribution in [2.75, 3.05) is 0 Å². The number of hydrogen-bond acceptors (Lipinski definition) is 4. The van der Waals surface area contributed by atoms with E-state index in [1.165, 1.54) is 15.5 Å². The predicted octanol–water partition coefficient (Wildman–Crippen LogP) is 2.94. The van der Waals surface area contributed by atoms with Gasteiger partial charge in [-0.2, -0.15) is 5.26 Å². The fourth-order valence-corrected chi connectivity index (χ4v) is 3.55. The molecule has 8 heteroatoms. The molecule has 0 aliphatic heterocycles. The molecular formula is C21H16ClN5O2. The maximum atomic E-state index is 13.0. The van der Waals surface area contributed by atoms with Gasteiger partial charge in [-0.1, -0.05) is 29.8 Å². The monoisotopic (exact) mass is 405 g/mol. The van der Waals surface area contributed by atoms with Crippen LogP contribution < -0.4 is 11.2 Å². The highest BCUT2D eigenvalue weighted by molar-refractivity contribution is 6.30. The molecule has 0 saturated carbocycles. The van der Waals surface area contributed by atoms with Gasteiger partial charge in [0.15, 0.2) is 11.2 Å². The molecule has 0 spiro atoms. The fraction of sp³-hybridized carbons (Fsp3) is 0.143. The van der Waals surface area contributed by atoms with Crippen molar-refractivity contribution in [1.29, 1.82) is 5.26 Å². The Bertz CT molecular complexity index is 1390. The number of hydrogen-bond donors (Lipinski definition) is 0. The molecule has 0 bridgehead atoms. The second-order valence-electron chi connectivity index (χ2n) is 6.50. The number of fused-ring (bicyclic) bond motifs is 1. The predicted molar refractivity (Wildman–Crippen MR) is 111 cm³/mol. The molecule has 29 heavy (non-hydrogen) atoms. The SMILES string of the molecule is CCn1c(=O)c2c(ncn2Cc2cccc(C#N)c2)n(-c2cccc(Cl)c2)c1=O. The molecule has 0 N–H and O–H groups in total. The Balaban J connectivity index is 1.98. The van der Waals surface area contributed by atoms with E-state index in [-0.39, 0.29) is 12.2 Å². The molecule has 0 atom stereocenters. The van der Waals surface area contributed by atoms with E-state index in [0.29, 0.717) is 28.3 Å². The number of rotatable bonds is 4. The second-order valence-corrected chi connectivity index (χ2v) is 6.94. The minimum atomic E-state index is -0.469. The Labute approximate surface area is 170 Å². The summed E-state index contributed by atoms with van der Waals surface area (Å²) in [5.74, 6) is 0. The van der Waals surface area contributed by atoms with E-state index in [2.05, 4.69) is 11.1 Å². The molecule has 2 aromatic carbocycles. The molecule has 0 aliphatic rings. The van der Waals surface area contributed by atoms with Gasteiger partial charge < -0.3 is 4.57 Å². The standard InChI is InChI=1S/C21H16ClN5O2/c1-2-26-20(28)18-19(27(21(26)29)17-8-4-7-16(22)10-17)24-13-25(18)12-15-6-3-5-14(9-15)11-23/h3-10,13H,2,12H2,1H3. The van der Waals surface area contributed by atoms with Crippen LogP contribution >= 0.6 is 11.6 Å². The minimum absolute atomic E-state index is 0.225. The number of nitrogens with zero attached hydrogens (tertiary/aromatic N) is 5. The summed E-state index contributed by atoms with van der Waals surface area (Å²) >= 11 is 6.11. The molecule has 4 aromatic rings. The lowest BCUT2D eigenvalue weighted by Crippen LogP contribution is -2.39. The Morgan fingerprint density at radius 2 is 1.93 bits per heavy atom. The molecule has 0 amide bonds. The van der Waals surface area contributed by atoms with Crippen molar-refractivity contribution >= 4 is 22.8 Å². The number of aromatic nitrogens is 4. The van der Waals surface area contributed by atoms with Crippen LogP contribution in [0, 0.1) is 11.3 Å². The van der Waals surface area contributed by atoms with E-state index >= 15 is 0 Å². The maximum absolute atomic E-state index is 13.0. The van der Waals surface area contributed by atoms with Crippen LogP contribution in [0.1, 0.15) is 18.1 Å². The molecule has 0 saturated heterocycles. The Morgan fingerprint density at radius 3 is 2.66 bits per heavy atom. The van der Waals surface area contributed by atoms with Crippen LogP contribution in [0.25, 0.3) is 16.9 Å². The van der Waals surface area contributed by atoms with Gasteiger partial charge >= 0.3 is 5.69 Å². The zero-order chi connectivity index (χ0) is 20.5. The molecule has 0 unspecified atom stereocenters. The molecule has 2 aromatic heterocycles. The fourth-order valence-electron chi connectivity index (χ4n) is 3.36. The Morgan fingerprint density at radius 1 is 1.14 bits per heavy atom. The van der Waals surface area contributed by atoms with E-state index < -0.39 is 11.2 Å². The van der Waals surface area contributed by atoms with Crippen LogP contribution in [0.2, 0.25) is 5.02 Å². The largest absolute Gasteiger partial charge is 0.337 e. The molecular weight excluding hydrogens is 390 g/mol. The first-order valence-corrected chi connectivity index (χ1v) is 9.37. The van der Waals surface area contributed by atoms with E-state index in [0.717, 1.165) is 5.56 Å². The van der Waals surface area contributed by atoms with Crippen LogP contribution in [0.4, 0.5) is 0 Å². The normalized spacial score (nSPS) is 10.9. The van der Waals surface area contributed by atoms with Crippen LogP contribution in [-0.2, 0) is 13.1 Å². The van der Waals surface area contributed by atoms with Gasteiger partial charge in [0.1, 0.15) is 0 Å². The summed E-state index contributed by atoms with van der Waals surface area (Å²) in [6.07, 6.45) is 1.53. The van der Waals surface area contributed by atoms with Crippen molar-refractivity contribution in [3.63, 3.8) is 0 Å². The third-order valence-electron chi connectivity index (χ3n) is 4.69. The first kappa shape index (κ1) is 18.7. The van der Waals surface area contributed by atoms with Crippen molar-refractivity contribution < 1.29 is 0 Å². The molecule has 0 aliphatic carbocycles. The highest BCUT2D eigenvalue weighted by Crippen LogP contribution is 2.18. The smallest absolute Gasteiger partial charge is 0.320 e. The highest BCUT2D eigenvalue weighted by Gasteiger charge is 2.18. The van der Waals surface area contributed by atoms with Crippen LogP contribution in [0.3, 0.4) is 0 Å². The summed E-state index contributed by atoms with van der Waals surface area (Å²) in [5.41, 5.74) is 1.63. The number of benzene rings is 2. The topological polar surface area (TPSA) is 85.6 Å². The summed E-state index contributed by atoms with van der Waals surface area (Å²) in [7, 11) is 0. The van der Waals surface area contributed by atoms with E-state index in [1.54, 1.807) is 54.0 Å². The van der Waals surface area contributed by atoms with Gasteiger partial charge in [0.05, 0.1) is 23.6 Å². The average Bonchev–Trinajstić information content (AvgIpc) is 3.12. The summed E-state index contributed by atoms with van der Waals surface area (Å²) in [4.78, 5) is 30.4. The number of nitriles is 1. The quantitative estimate of drug-likeness (QED) is 0.522. The lowest BCUT2D eigenvalue weighted by molar-refractivity contribution is 0.655. The summed E-state index contributed by atoms with van der Waals surface area (Å²) < 4.78 is 4.27. The van der Waals surface area contributed by atoms with E-state index in [1.807, 2.05) is 6.07 Å². The molecule has 4 rings (SSSR count). The molecule has 7 nitrogen and oxygen atoms in total. The van der Waals surface area contributed by atoms with Gasteiger partial charge in [-0.25, -0.2) is 14.3 Å². The molecule has 0 fully saturated rings. The Hall–Kier alpha value is -3.63. The van der Waals surface area contributed by atoms with Crippen molar-refractivity contribution in [3.05, 3.63) is 91.8 Å². The van der Waals surface area contributed by atoms with E-state index in [9.17, 15) is 9.59 Å². The number of imidazole rings is 1. The number of halogens is 1. The van der Waals surface area contributed by atoms with Crippen molar-refractivity contribution in [2.45, 2.75) is 20.0 Å². The summed E-state index contributed by atoms with van der Waals surface area (Å²) in [6, 6.07) is 16.1. The summed E-state index contributed by atoms with van der Waals surface area (Å²) in [5, 5.41) is 9.59. The van der Waals surface area contributed by atoms with Gasteiger partial charge in [0.25, 0.3) is 5.56 Å². The lowest BCUT2D eigenvalue weighted by atomic mass is 10.1. The minimum Gasteiger partial charge on any atom is -0.320 e. The van der Waals surface area contributed by atoms with Gasteiger partial charge in [-0.3, -0.25) is 9.36 Å². The third-order valence-corrected chi connectivity index (χ3v) is 4.93. The summed E-state index contributed by atoms with van der Waals surface area (Å²) in [6.45, 7) is 2.32. The van der Waals surface area contributed by atoms with Crippen molar-refractivity contribution in [2.24, 2.45) is 0 Å². The molecule has 2 heterocycles. The Kier molecular flexibility index (Phi) is 4.79. The first-order valence-electron chi connectivity index (χ1n) is 8.99. The molecule has 0 radical (unpaired) electrons. The maximum Gasteiger partial charge on any atom is 0.337 e. The average molecular weight is 406 g/mol. The van der Waals surface area contributed by atoms with E-state index in [4.69, 9.17) is 16.9 Å². The van der Waals surface area contributed by atoms with Gasteiger partial charge in [-0.15, -0.1) is 0 Å². The highest BCUT2D eigenvalue weighted by atomic mass is 35.5. The van der Waals surface area contributed by atoms with Crippen LogP contribution in [0.5, 0.6) is 0 Å². The molecule has 144 valence electrons. The lowest BCUT2D eigenvalue weighted by Gasteiger charge is -2.12. The zero-order valence-corrected chi connectivity index (χ0v) is 16.3. The van der Waals surface area contributed by atoms with Crippen LogP contribution in [0.15, 0.2) is 64.4 Å². The van der Waals surface area contributed by atoms with Crippen LogP contribution in [-0.4, -0.2) is 18.7 Å². The van der Waals surface area contributed by atoms with Gasteiger partial charge in [0.2, 0.25) is 0 Å². The van der Waals surface area contributed by atoms with Gasteiger partial charge in [-0.05, 0) is 42.8 Å². The van der Waals surface area contributed by atoms with Gasteiger partial charge in [0, 0.05) is 18.1 Å².